The molecule has 4 rings (SSSR count). The summed E-state index contributed by atoms with van der Waals surface area (Å²) in [7, 11) is 0. The first-order chi connectivity index (χ1) is 9.33. The second-order valence-corrected chi connectivity index (χ2v) is 5.64. The minimum atomic E-state index is 0.344. The third-order valence-electron chi connectivity index (χ3n) is 3.63. The average Bonchev–Trinajstić information content (AvgIpc) is 3.07. The van der Waals surface area contributed by atoms with Crippen LogP contribution in [0.3, 0.4) is 0 Å². The topological polar surface area (TPSA) is 59.2 Å². The lowest BCUT2D eigenvalue weighted by atomic mass is 10.0. The van der Waals surface area contributed by atoms with Gasteiger partial charge in [0.25, 0.3) is 0 Å². The first kappa shape index (κ1) is 10.9. The van der Waals surface area contributed by atoms with Crippen LogP contribution in [0.2, 0.25) is 0 Å². The molecule has 1 unspecified atom stereocenters. The normalized spacial score (nSPS) is 18.8. The summed E-state index contributed by atoms with van der Waals surface area (Å²) in [4.78, 5) is 3.79. The van der Waals surface area contributed by atoms with Gasteiger partial charge in [-0.1, -0.05) is 0 Å². The highest BCUT2D eigenvalue weighted by Gasteiger charge is 2.26. The standard InChI is InChI=1S/C12H12N6S/c1-8-9-5-7-19-10(9)4-6-17(8)12-3-2-11-13-15-16-18(11)14-12/h2-3,5,7-8H,4,6H2,1H3. The molecule has 3 aromatic heterocycles. The van der Waals surface area contributed by atoms with E-state index in [1.807, 2.05) is 23.5 Å². The molecule has 0 saturated carbocycles. The van der Waals surface area contributed by atoms with Crippen LogP contribution in [0.5, 0.6) is 0 Å². The van der Waals surface area contributed by atoms with E-state index in [1.165, 1.54) is 15.1 Å². The minimum absolute atomic E-state index is 0.344. The van der Waals surface area contributed by atoms with Crippen molar-refractivity contribution in [3.8, 4) is 0 Å². The molecule has 0 aliphatic carbocycles. The maximum Gasteiger partial charge on any atom is 0.200 e. The summed E-state index contributed by atoms with van der Waals surface area (Å²) in [5, 5.41) is 18.0. The van der Waals surface area contributed by atoms with Crippen molar-refractivity contribution < 1.29 is 0 Å². The summed E-state index contributed by atoms with van der Waals surface area (Å²) in [6.07, 6.45) is 1.08. The van der Waals surface area contributed by atoms with E-state index in [-0.39, 0.29) is 0 Å². The van der Waals surface area contributed by atoms with Gasteiger partial charge in [-0.05, 0) is 52.9 Å². The minimum Gasteiger partial charge on any atom is -0.348 e. The van der Waals surface area contributed by atoms with Crippen molar-refractivity contribution in [2.45, 2.75) is 19.4 Å². The Balaban J connectivity index is 1.76. The Morgan fingerprint density at radius 1 is 1.32 bits per heavy atom. The molecule has 6 nitrogen and oxygen atoms in total. The second-order valence-electron chi connectivity index (χ2n) is 4.64. The Labute approximate surface area is 113 Å². The zero-order valence-corrected chi connectivity index (χ0v) is 11.2. The molecule has 3 aromatic rings. The van der Waals surface area contributed by atoms with Crippen molar-refractivity contribution in [2.24, 2.45) is 0 Å². The second kappa shape index (κ2) is 3.99. The smallest absolute Gasteiger partial charge is 0.200 e. The van der Waals surface area contributed by atoms with E-state index in [0.29, 0.717) is 11.7 Å². The number of thiophene rings is 1. The van der Waals surface area contributed by atoms with E-state index in [2.05, 4.69) is 43.9 Å². The summed E-state index contributed by atoms with van der Waals surface area (Å²) in [6, 6.07) is 6.45. The predicted molar refractivity (Wildman–Crippen MR) is 72.4 cm³/mol. The third-order valence-corrected chi connectivity index (χ3v) is 4.62. The number of aromatic nitrogens is 5. The number of nitrogens with zero attached hydrogens (tertiary/aromatic N) is 6. The summed E-state index contributed by atoms with van der Waals surface area (Å²) in [6.45, 7) is 3.20. The molecule has 0 aromatic carbocycles. The van der Waals surface area contributed by atoms with Crippen LogP contribution in [0.4, 0.5) is 5.82 Å². The first-order valence-corrected chi connectivity index (χ1v) is 7.09. The van der Waals surface area contributed by atoms with Gasteiger partial charge < -0.3 is 4.90 Å². The fourth-order valence-electron chi connectivity index (χ4n) is 2.62. The highest BCUT2D eigenvalue weighted by atomic mass is 32.1. The van der Waals surface area contributed by atoms with E-state index in [0.717, 1.165) is 18.8 Å². The van der Waals surface area contributed by atoms with Gasteiger partial charge in [0.15, 0.2) is 11.5 Å². The molecular formula is C12H12N6S. The Morgan fingerprint density at radius 2 is 2.26 bits per heavy atom. The van der Waals surface area contributed by atoms with Crippen molar-refractivity contribution >= 4 is 22.8 Å². The van der Waals surface area contributed by atoms with Crippen LogP contribution in [0.15, 0.2) is 23.6 Å². The van der Waals surface area contributed by atoms with Crippen molar-refractivity contribution in [3.63, 3.8) is 0 Å². The molecule has 0 fully saturated rings. The Hall–Kier alpha value is -2.02. The number of rotatable bonds is 1. The number of hydrogen-bond acceptors (Lipinski definition) is 6. The molecular weight excluding hydrogens is 260 g/mol. The van der Waals surface area contributed by atoms with Gasteiger partial charge in [0.2, 0.25) is 0 Å². The molecule has 96 valence electrons. The molecule has 0 bridgehead atoms. The quantitative estimate of drug-likeness (QED) is 0.675. The van der Waals surface area contributed by atoms with Crippen LogP contribution in [-0.4, -0.2) is 31.8 Å². The van der Waals surface area contributed by atoms with Crippen molar-refractivity contribution in [1.82, 2.24) is 25.3 Å². The van der Waals surface area contributed by atoms with E-state index >= 15 is 0 Å². The zero-order valence-electron chi connectivity index (χ0n) is 10.4. The van der Waals surface area contributed by atoms with Gasteiger partial charge in [-0.15, -0.1) is 26.2 Å². The van der Waals surface area contributed by atoms with Gasteiger partial charge in [0.1, 0.15) is 0 Å². The highest BCUT2D eigenvalue weighted by molar-refractivity contribution is 7.10. The summed E-state index contributed by atoms with van der Waals surface area (Å²) in [5.74, 6) is 0.921. The van der Waals surface area contributed by atoms with Gasteiger partial charge in [-0.2, -0.15) is 0 Å². The predicted octanol–water partition coefficient (Wildman–Crippen LogP) is 1.70. The van der Waals surface area contributed by atoms with Crippen LogP contribution >= 0.6 is 11.3 Å². The number of tetrazole rings is 1. The van der Waals surface area contributed by atoms with Crippen molar-refractivity contribution in [3.05, 3.63) is 34.0 Å². The van der Waals surface area contributed by atoms with Crippen LogP contribution < -0.4 is 4.90 Å². The Morgan fingerprint density at radius 3 is 3.21 bits per heavy atom. The van der Waals surface area contributed by atoms with Gasteiger partial charge in [-0.25, -0.2) is 0 Å². The number of hydrogen-bond donors (Lipinski definition) is 0. The lowest BCUT2D eigenvalue weighted by Gasteiger charge is -2.34. The van der Waals surface area contributed by atoms with Gasteiger partial charge in [0.05, 0.1) is 6.04 Å². The summed E-state index contributed by atoms with van der Waals surface area (Å²) >= 11 is 1.85. The highest BCUT2D eigenvalue weighted by Crippen LogP contribution is 2.34. The average molecular weight is 272 g/mol. The fourth-order valence-corrected chi connectivity index (χ4v) is 3.58. The monoisotopic (exact) mass is 272 g/mol. The molecule has 0 spiro atoms. The van der Waals surface area contributed by atoms with Gasteiger partial charge in [0, 0.05) is 11.4 Å². The molecule has 19 heavy (non-hydrogen) atoms. The summed E-state index contributed by atoms with van der Waals surface area (Å²) in [5.41, 5.74) is 2.08. The fraction of sp³-hybridized carbons (Fsp3) is 0.333. The first-order valence-electron chi connectivity index (χ1n) is 6.21. The SMILES string of the molecule is CC1c2ccsc2CCN1c1ccc2nnnn2n1. The van der Waals surface area contributed by atoms with Gasteiger partial charge >= 0.3 is 0 Å². The van der Waals surface area contributed by atoms with Crippen LogP contribution in [0.25, 0.3) is 5.65 Å². The maximum absolute atomic E-state index is 4.48. The van der Waals surface area contributed by atoms with Crippen LogP contribution in [-0.2, 0) is 6.42 Å². The lowest BCUT2D eigenvalue weighted by Crippen LogP contribution is -2.34. The molecule has 0 saturated heterocycles. The molecule has 7 heteroatoms. The van der Waals surface area contributed by atoms with E-state index in [1.54, 1.807) is 0 Å². The number of fused-ring (bicyclic) bond motifs is 2. The van der Waals surface area contributed by atoms with Crippen LogP contribution in [0.1, 0.15) is 23.4 Å². The molecule has 0 N–H and O–H groups in total. The lowest BCUT2D eigenvalue weighted by molar-refractivity contribution is 0.610. The van der Waals surface area contributed by atoms with Gasteiger partial charge in [-0.3, -0.25) is 0 Å². The van der Waals surface area contributed by atoms with Crippen molar-refractivity contribution in [2.75, 3.05) is 11.4 Å². The number of anilines is 1. The zero-order chi connectivity index (χ0) is 12.8. The van der Waals surface area contributed by atoms with Crippen LogP contribution in [0, 0.1) is 0 Å². The van der Waals surface area contributed by atoms with E-state index in [9.17, 15) is 0 Å². The molecule has 0 amide bonds. The molecule has 0 radical (unpaired) electrons. The van der Waals surface area contributed by atoms with Crippen molar-refractivity contribution in [1.29, 1.82) is 0 Å². The Bertz CT molecular complexity index is 732. The Kier molecular flexibility index (Phi) is 2.28. The molecule has 4 heterocycles. The molecule has 1 aliphatic heterocycles. The van der Waals surface area contributed by atoms with E-state index in [4.69, 9.17) is 0 Å². The third kappa shape index (κ3) is 1.61. The maximum atomic E-state index is 4.48. The van der Waals surface area contributed by atoms with E-state index < -0.39 is 0 Å². The largest absolute Gasteiger partial charge is 0.348 e. The molecule has 1 atom stereocenters. The summed E-state index contributed by atoms with van der Waals surface area (Å²) < 4.78 is 1.48. The molecule has 1 aliphatic rings.